The average molecular weight is 474 g/mol. The van der Waals surface area contributed by atoms with Crippen molar-refractivity contribution in [1.82, 2.24) is 14.9 Å². The van der Waals surface area contributed by atoms with Gasteiger partial charge < -0.3 is 14.3 Å². The van der Waals surface area contributed by atoms with Gasteiger partial charge in [-0.1, -0.05) is 0 Å². The van der Waals surface area contributed by atoms with Crippen molar-refractivity contribution in [1.29, 1.82) is 0 Å². The van der Waals surface area contributed by atoms with Crippen LogP contribution in [-0.2, 0) is 12.7 Å². The molecule has 170 valence electrons. The third-order valence-corrected chi connectivity index (χ3v) is 5.02. The second kappa shape index (κ2) is 7.97. The van der Waals surface area contributed by atoms with Crippen molar-refractivity contribution in [2.24, 2.45) is 0 Å². The van der Waals surface area contributed by atoms with E-state index >= 15 is 0 Å². The fraction of sp³-hybridized carbons (Fsp3) is 0.444. The molecule has 0 radical (unpaired) electrons. The third kappa shape index (κ3) is 4.36. The Kier molecular flexibility index (Phi) is 6.00. The first-order valence-electron chi connectivity index (χ1n) is 8.97. The zero-order chi connectivity index (χ0) is 21.8. The molecule has 4 rings (SSSR count). The Labute approximate surface area is 175 Å². The summed E-state index contributed by atoms with van der Waals surface area (Å²) < 4.78 is 98.8. The minimum Gasteiger partial charge on any atom is -0.458 e. The summed E-state index contributed by atoms with van der Waals surface area (Å²) in [6, 6.07) is 1.73. The molecule has 2 aromatic heterocycles. The maximum absolute atomic E-state index is 14.6. The molecule has 13 heteroatoms. The maximum Gasteiger partial charge on any atom is 0.449 e. The summed E-state index contributed by atoms with van der Waals surface area (Å²) in [7, 11) is 0. The van der Waals surface area contributed by atoms with Crippen LogP contribution in [0.1, 0.15) is 30.3 Å². The Balaban J connectivity index is 0.00000272. The number of imidazole rings is 1. The highest BCUT2D eigenvalue weighted by Gasteiger charge is 2.42. The van der Waals surface area contributed by atoms with Gasteiger partial charge in [-0.2, -0.15) is 26.3 Å². The average Bonchev–Trinajstić information content (AvgIpc) is 3.02. The molecule has 0 spiro atoms. The molecule has 0 saturated carbocycles. The molecule has 1 aromatic carbocycles. The smallest absolute Gasteiger partial charge is 0.449 e. The number of hydrogen-bond acceptors (Lipinski definition) is 4. The number of alkyl halides is 6. The van der Waals surface area contributed by atoms with E-state index in [-0.39, 0.29) is 34.0 Å². The number of fused-ring (bicyclic) bond motifs is 3. The highest BCUT2D eigenvalue weighted by molar-refractivity contribution is 6.01. The van der Waals surface area contributed by atoms with Crippen molar-refractivity contribution in [3.8, 4) is 0 Å². The van der Waals surface area contributed by atoms with Crippen molar-refractivity contribution >= 4 is 34.4 Å². The quantitative estimate of drug-likeness (QED) is 0.546. The van der Waals surface area contributed by atoms with Gasteiger partial charge in [-0.3, -0.25) is 4.79 Å². The van der Waals surface area contributed by atoms with Crippen LogP contribution in [0.25, 0.3) is 22.0 Å². The number of halogens is 8. The Morgan fingerprint density at radius 3 is 2.35 bits per heavy atom. The van der Waals surface area contributed by atoms with Crippen molar-refractivity contribution in [2.45, 2.75) is 37.7 Å². The van der Waals surface area contributed by atoms with Gasteiger partial charge in [0.05, 0.1) is 5.39 Å². The molecule has 0 aliphatic carbocycles. The van der Waals surface area contributed by atoms with Gasteiger partial charge in [0.1, 0.15) is 29.2 Å². The van der Waals surface area contributed by atoms with Crippen molar-refractivity contribution in [3.05, 3.63) is 39.8 Å². The zero-order valence-corrected chi connectivity index (χ0v) is 16.3. The summed E-state index contributed by atoms with van der Waals surface area (Å²) in [4.78, 5) is 15.7. The predicted octanol–water partition coefficient (Wildman–Crippen LogP) is 4.75. The van der Waals surface area contributed by atoms with Gasteiger partial charge >= 0.3 is 12.4 Å². The minimum atomic E-state index is -5.28. The summed E-state index contributed by atoms with van der Waals surface area (Å²) in [6.45, 7) is -0.841. The van der Waals surface area contributed by atoms with Gasteiger partial charge in [0.25, 0.3) is 0 Å². The monoisotopic (exact) mass is 473 g/mol. The van der Waals surface area contributed by atoms with Gasteiger partial charge in [-0.05, 0) is 32.0 Å². The molecule has 5 nitrogen and oxygen atoms in total. The number of nitrogens with zero attached hydrogens (tertiary/aromatic N) is 2. The molecule has 0 unspecified atom stereocenters. The van der Waals surface area contributed by atoms with Crippen LogP contribution in [-0.4, -0.2) is 28.8 Å². The Morgan fingerprint density at radius 2 is 1.77 bits per heavy atom. The van der Waals surface area contributed by atoms with Crippen LogP contribution in [0.3, 0.4) is 0 Å². The van der Waals surface area contributed by atoms with E-state index < -0.39 is 52.6 Å². The van der Waals surface area contributed by atoms with Crippen LogP contribution in [0, 0.1) is 5.82 Å². The number of benzene rings is 1. The van der Waals surface area contributed by atoms with Gasteiger partial charge in [0, 0.05) is 12.0 Å². The fourth-order valence-electron chi connectivity index (χ4n) is 3.74. The molecule has 1 aliphatic rings. The Hall–Kier alpha value is -2.34. The Morgan fingerprint density at radius 1 is 1.13 bits per heavy atom. The summed E-state index contributed by atoms with van der Waals surface area (Å²) in [5.74, 6) is -3.37. The fourth-order valence-corrected chi connectivity index (χ4v) is 3.74. The van der Waals surface area contributed by atoms with Gasteiger partial charge in [-0.25, -0.2) is 9.37 Å². The van der Waals surface area contributed by atoms with E-state index in [4.69, 9.17) is 4.42 Å². The van der Waals surface area contributed by atoms with Crippen molar-refractivity contribution in [3.63, 3.8) is 0 Å². The summed E-state index contributed by atoms with van der Waals surface area (Å²) in [5, 5.41) is 2.72. The van der Waals surface area contributed by atoms with Gasteiger partial charge in [-0.15, -0.1) is 12.4 Å². The second-order valence-electron chi connectivity index (χ2n) is 7.10. The van der Waals surface area contributed by atoms with Crippen molar-refractivity contribution in [2.75, 3.05) is 13.1 Å². The van der Waals surface area contributed by atoms with E-state index in [1.165, 1.54) is 0 Å². The number of rotatable bonds is 2. The lowest BCUT2D eigenvalue weighted by Gasteiger charge is -2.21. The van der Waals surface area contributed by atoms with Crippen molar-refractivity contribution < 1.29 is 35.2 Å². The largest absolute Gasteiger partial charge is 0.458 e. The molecule has 1 N–H and O–H groups in total. The summed E-state index contributed by atoms with van der Waals surface area (Å²) >= 11 is 0. The molecule has 1 fully saturated rings. The molecule has 31 heavy (non-hydrogen) atoms. The maximum atomic E-state index is 14.6. The predicted molar refractivity (Wildman–Crippen MR) is 98.9 cm³/mol. The summed E-state index contributed by atoms with van der Waals surface area (Å²) in [6.07, 6.45) is -9.16. The van der Waals surface area contributed by atoms with Crippen LogP contribution < -0.4 is 10.7 Å². The van der Waals surface area contributed by atoms with Crippen LogP contribution in [0.4, 0.5) is 30.7 Å². The van der Waals surface area contributed by atoms with Crippen LogP contribution in [0.5, 0.6) is 0 Å². The highest BCUT2D eigenvalue weighted by Crippen LogP contribution is 2.37. The standard InChI is InChI=1S/C18H14F7N3O2.ClH/c19-10-5-9-11(29)6-12(8-1-3-26-4-2-8)30-15(9)13-14(10)28(7-17(20,21)22)16(27-13)18(23,24)25;/h5-6,8,26H,1-4,7H2;1H. The zero-order valence-electron chi connectivity index (χ0n) is 15.5. The number of aromatic nitrogens is 2. The lowest BCUT2D eigenvalue weighted by molar-refractivity contribution is -0.160. The topological polar surface area (TPSA) is 60.1 Å². The van der Waals surface area contributed by atoms with E-state index in [1.54, 1.807) is 0 Å². The lowest BCUT2D eigenvalue weighted by Crippen LogP contribution is -2.27. The molecular weight excluding hydrogens is 459 g/mol. The second-order valence-corrected chi connectivity index (χ2v) is 7.10. The van der Waals surface area contributed by atoms with E-state index in [2.05, 4.69) is 10.3 Å². The SMILES string of the molecule is Cl.O=c1cc(C2CCNCC2)oc2c1cc(F)c1c2nc(C(F)(F)F)n1CC(F)(F)F. The minimum absolute atomic E-state index is 0. The molecular formula is C18H15ClF7N3O2. The van der Waals surface area contributed by atoms with Crippen LogP contribution in [0.2, 0.25) is 0 Å². The molecule has 1 aliphatic heterocycles. The molecule has 0 amide bonds. The molecule has 0 bridgehead atoms. The molecule has 0 atom stereocenters. The third-order valence-electron chi connectivity index (χ3n) is 5.02. The van der Waals surface area contributed by atoms with E-state index in [9.17, 15) is 35.5 Å². The first kappa shape index (κ1) is 23.3. The van der Waals surface area contributed by atoms with E-state index in [1.807, 2.05) is 0 Å². The van der Waals surface area contributed by atoms with Gasteiger partial charge in [0.2, 0.25) is 5.82 Å². The number of piperidine rings is 1. The lowest BCUT2D eigenvalue weighted by atomic mass is 9.95. The highest BCUT2D eigenvalue weighted by atomic mass is 35.5. The normalized spacial score (nSPS) is 16.1. The first-order valence-corrected chi connectivity index (χ1v) is 8.97. The Bertz CT molecular complexity index is 1180. The number of hydrogen-bond donors (Lipinski definition) is 1. The summed E-state index contributed by atoms with van der Waals surface area (Å²) in [5.41, 5.74) is -2.95. The van der Waals surface area contributed by atoms with E-state index in [0.717, 1.165) is 6.07 Å². The van der Waals surface area contributed by atoms with E-state index in [0.29, 0.717) is 32.0 Å². The molecule has 3 heterocycles. The first-order chi connectivity index (χ1) is 14.0. The van der Waals surface area contributed by atoms with Gasteiger partial charge in [0.15, 0.2) is 11.0 Å². The number of nitrogens with one attached hydrogen (secondary N) is 1. The van der Waals surface area contributed by atoms with Crippen LogP contribution in [0.15, 0.2) is 21.3 Å². The molecule has 3 aromatic rings. The molecule has 1 saturated heterocycles. The van der Waals surface area contributed by atoms with Crippen LogP contribution >= 0.6 is 12.4 Å².